The first-order valence-electron chi connectivity index (χ1n) is 11.7. The molecule has 5 rings (SSSR count). The van der Waals surface area contributed by atoms with Gasteiger partial charge in [-0.15, -0.1) is 0 Å². The summed E-state index contributed by atoms with van der Waals surface area (Å²) in [4.78, 5) is 24.0. The number of carbonyl (C=O) groups is 1. The molecule has 1 fully saturated rings. The Kier molecular flexibility index (Phi) is 6.24. The lowest BCUT2D eigenvalue weighted by molar-refractivity contribution is 0.171. The van der Waals surface area contributed by atoms with Gasteiger partial charge in [0.2, 0.25) is 5.95 Å². The monoisotopic (exact) mass is 462 g/mol. The van der Waals surface area contributed by atoms with E-state index in [9.17, 15) is 4.79 Å². The summed E-state index contributed by atoms with van der Waals surface area (Å²) in [5.74, 6) is 2.91. The van der Waals surface area contributed by atoms with Crippen LogP contribution in [-0.2, 0) is 0 Å². The van der Waals surface area contributed by atoms with Crippen LogP contribution >= 0.6 is 0 Å². The minimum Gasteiger partial charge on any atom is -0.486 e. The van der Waals surface area contributed by atoms with Crippen LogP contribution < -0.4 is 30.3 Å². The van der Waals surface area contributed by atoms with Gasteiger partial charge in [-0.3, -0.25) is 0 Å². The van der Waals surface area contributed by atoms with Gasteiger partial charge in [0.25, 0.3) is 0 Å². The molecular weight excluding hydrogens is 432 g/mol. The first-order chi connectivity index (χ1) is 16.5. The van der Waals surface area contributed by atoms with E-state index in [0.29, 0.717) is 36.3 Å². The highest BCUT2D eigenvalue weighted by molar-refractivity contribution is 5.90. The highest BCUT2D eigenvalue weighted by Gasteiger charge is 2.24. The number of para-hydroxylation sites is 1. The van der Waals surface area contributed by atoms with Gasteiger partial charge >= 0.3 is 6.03 Å². The summed E-state index contributed by atoms with van der Waals surface area (Å²) in [6.45, 7) is 1.06. The molecule has 0 atom stereocenters. The molecule has 1 aliphatic heterocycles. The van der Waals surface area contributed by atoms with Crippen LogP contribution in [-0.4, -0.2) is 55.4 Å². The van der Waals surface area contributed by atoms with E-state index in [1.807, 2.05) is 55.4 Å². The molecule has 2 amide bonds. The van der Waals surface area contributed by atoms with Crippen molar-refractivity contribution < 1.29 is 14.3 Å². The van der Waals surface area contributed by atoms with E-state index in [4.69, 9.17) is 19.4 Å². The molecule has 178 valence electrons. The Morgan fingerprint density at radius 2 is 1.68 bits per heavy atom. The van der Waals surface area contributed by atoms with E-state index in [-0.39, 0.29) is 18.1 Å². The Morgan fingerprint density at radius 3 is 2.47 bits per heavy atom. The Bertz CT molecular complexity index is 1180. The zero-order chi connectivity index (χ0) is 23.5. The summed E-state index contributed by atoms with van der Waals surface area (Å²) in [5.41, 5.74) is 1.61. The number of fused-ring (bicyclic) bond motifs is 2. The van der Waals surface area contributed by atoms with Crippen LogP contribution in [0, 0.1) is 0 Å². The van der Waals surface area contributed by atoms with Crippen LogP contribution in [0.25, 0.3) is 10.9 Å². The summed E-state index contributed by atoms with van der Waals surface area (Å²) in [6, 6.07) is 13.7. The lowest BCUT2D eigenvalue weighted by Crippen LogP contribution is -2.42. The van der Waals surface area contributed by atoms with E-state index in [0.717, 1.165) is 42.4 Å². The quantitative estimate of drug-likeness (QED) is 0.527. The molecule has 2 aliphatic rings. The zero-order valence-electron chi connectivity index (χ0n) is 19.5. The average Bonchev–Trinajstić information content (AvgIpc) is 2.84. The van der Waals surface area contributed by atoms with Crippen molar-refractivity contribution >= 4 is 34.4 Å². The second-order valence-corrected chi connectivity index (χ2v) is 8.93. The number of aromatic nitrogens is 2. The second kappa shape index (κ2) is 9.62. The highest BCUT2D eigenvalue weighted by atomic mass is 16.6. The number of hydrogen-bond donors (Lipinski definition) is 3. The van der Waals surface area contributed by atoms with Crippen molar-refractivity contribution in [2.24, 2.45) is 0 Å². The lowest BCUT2D eigenvalue weighted by Gasteiger charge is -2.30. The van der Waals surface area contributed by atoms with Gasteiger partial charge in [-0.25, -0.2) is 9.78 Å². The van der Waals surface area contributed by atoms with E-state index in [1.54, 1.807) is 6.07 Å². The first-order valence-corrected chi connectivity index (χ1v) is 11.7. The molecule has 0 radical (unpaired) electrons. The molecule has 0 unspecified atom stereocenters. The summed E-state index contributed by atoms with van der Waals surface area (Å²) in [7, 11) is 3.98. The van der Waals surface area contributed by atoms with Gasteiger partial charge in [0.1, 0.15) is 19.0 Å². The normalized spacial score (nSPS) is 19.4. The molecule has 3 aromatic rings. The number of urea groups is 1. The van der Waals surface area contributed by atoms with E-state index >= 15 is 0 Å². The van der Waals surface area contributed by atoms with Crippen LogP contribution in [0.3, 0.4) is 0 Å². The molecule has 1 aliphatic carbocycles. The van der Waals surface area contributed by atoms with Crippen LogP contribution in [0.15, 0.2) is 42.5 Å². The van der Waals surface area contributed by atoms with Crippen LogP contribution in [0.4, 0.5) is 22.2 Å². The van der Waals surface area contributed by atoms with Gasteiger partial charge in [-0.1, -0.05) is 12.1 Å². The molecule has 2 heterocycles. The van der Waals surface area contributed by atoms with Crippen LogP contribution in [0.1, 0.15) is 25.7 Å². The maximum atomic E-state index is 12.5. The molecule has 34 heavy (non-hydrogen) atoms. The van der Waals surface area contributed by atoms with Gasteiger partial charge in [0.15, 0.2) is 11.5 Å². The van der Waals surface area contributed by atoms with Gasteiger partial charge in [0, 0.05) is 43.3 Å². The van der Waals surface area contributed by atoms with Crippen molar-refractivity contribution in [2.75, 3.05) is 42.8 Å². The molecular formula is C25H30N6O3. The van der Waals surface area contributed by atoms with Gasteiger partial charge in [-0.2, -0.15) is 4.98 Å². The van der Waals surface area contributed by atoms with Crippen molar-refractivity contribution in [3.8, 4) is 11.5 Å². The molecule has 9 nitrogen and oxygen atoms in total. The Morgan fingerprint density at radius 1 is 0.941 bits per heavy atom. The van der Waals surface area contributed by atoms with Crippen molar-refractivity contribution in [3.63, 3.8) is 0 Å². The topological polar surface area (TPSA) is 101 Å². The summed E-state index contributed by atoms with van der Waals surface area (Å²) in [5, 5.41) is 10.5. The van der Waals surface area contributed by atoms with Crippen LogP contribution in [0.5, 0.6) is 11.5 Å². The molecule has 1 saturated carbocycles. The third-order valence-electron chi connectivity index (χ3n) is 6.20. The van der Waals surface area contributed by atoms with Gasteiger partial charge in [-0.05, 0) is 49.9 Å². The molecule has 0 bridgehead atoms. The fourth-order valence-corrected chi connectivity index (χ4v) is 4.50. The highest BCUT2D eigenvalue weighted by Crippen LogP contribution is 2.32. The maximum Gasteiger partial charge on any atom is 0.319 e. The lowest BCUT2D eigenvalue weighted by atomic mass is 9.91. The number of anilines is 3. The molecule has 3 N–H and O–H groups in total. The van der Waals surface area contributed by atoms with Crippen molar-refractivity contribution in [2.45, 2.75) is 37.8 Å². The molecule has 0 spiro atoms. The molecule has 2 aromatic carbocycles. The third kappa shape index (κ3) is 4.93. The predicted molar refractivity (Wildman–Crippen MR) is 133 cm³/mol. The standard InChI is InChI=1S/C25H30N6O3/c1-31(2)23-19-5-3-4-6-20(19)29-24(30-23)26-16-7-9-17(10-8-16)27-25(32)28-18-11-12-21-22(15-18)34-14-13-33-21/h3-6,11-12,15-17H,7-10,13-14H2,1-2H3,(H,26,29,30)(H2,27,28,32). The number of amides is 2. The number of benzene rings is 2. The second-order valence-electron chi connectivity index (χ2n) is 8.93. The average molecular weight is 463 g/mol. The number of carbonyl (C=O) groups excluding carboxylic acids is 1. The van der Waals surface area contributed by atoms with E-state index in [1.165, 1.54) is 0 Å². The van der Waals surface area contributed by atoms with Crippen molar-refractivity contribution in [1.29, 1.82) is 0 Å². The zero-order valence-corrected chi connectivity index (χ0v) is 19.5. The fourth-order valence-electron chi connectivity index (χ4n) is 4.50. The Hall–Kier alpha value is -3.75. The molecule has 9 heteroatoms. The largest absolute Gasteiger partial charge is 0.486 e. The summed E-state index contributed by atoms with van der Waals surface area (Å²) in [6.07, 6.45) is 3.64. The van der Waals surface area contributed by atoms with Crippen molar-refractivity contribution in [3.05, 3.63) is 42.5 Å². The number of nitrogens with zero attached hydrogens (tertiary/aromatic N) is 3. The van der Waals surface area contributed by atoms with E-state index < -0.39 is 0 Å². The number of nitrogens with one attached hydrogen (secondary N) is 3. The maximum absolute atomic E-state index is 12.5. The summed E-state index contributed by atoms with van der Waals surface area (Å²) >= 11 is 0. The summed E-state index contributed by atoms with van der Waals surface area (Å²) < 4.78 is 11.1. The first kappa shape index (κ1) is 22.1. The number of rotatable bonds is 5. The minimum absolute atomic E-state index is 0.130. The minimum atomic E-state index is -0.207. The predicted octanol–water partition coefficient (Wildman–Crippen LogP) is 4.01. The van der Waals surface area contributed by atoms with Gasteiger partial charge < -0.3 is 30.3 Å². The molecule has 1 aromatic heterocycles. The number of hydrogen-bond acceptors (Lipinski definition) is 7. The molecule has 0 saturated heterocycles. The van der Waals surface area contributed by atoms with E-state index in [2.05, 4.69) is 16.0 Å². The third-order valence-corrected chi connectivity index (χ3v) is 6.20. The Labute approximate surface area is 198 Å². The smallest absolute Gasteiger partial charge is 0.319 e. The van der Waals surface area contributed by atoms with Gasteiger partial charge in [0.05, 0.1) is 5.52 Å². The fraction of sp³-hybridized carbons (Fsp3) is 0.400. The van der Waals surface area contributed by atoms with Crippen molar-refractivity contribution in [1.82, 2.24) is 15.3 Å². The van der Waals surface area contributed by atoms with Crippen LogP contribution in [0.2, 0.25) is 0 Å². The SMILES string of the molecule is CN(C)c1nc(NC2CCC(NC(=O)Nc3ccc4c(c3)OCCO4)CC2)nc2ccccc12. The number of ether oxygens (including phenoxy) is 2. The Balaban J connectivity index is 1.14.